The van der Waals surface area contributed by atoms with Gasteiger partial charge in [0.25, 0.3) is 5.91 Å². The van der Waals surface area contributed by atoms with Gasteiger partial charge in [-0.15, -0.1) is 0 Å². The minimum Gasteiger partial charge on any atom is -0.490 e. The number of hydrogen-bond acceptors (Lipinski definition) is 4. The van der Waals surface area contributed by atoms with E-state index in [9.17, 15) is 4.79 Å². The maximum atomic E-state index is 12.2. The summed E-state index contributed by atoms with van der Waals surface area (Å²) in [6, 6.07) is 15.2. The zero-order valence-electron chi connectivity index (χ0n) is 13.0. The number of benzene rings is 2. The quantitative estimate of drug-likeness (QED) is 0.866. The van der Waals surface area contributed by atoms with Crippen molar-refractivity contribution in [1.82, 2.24) is 5.32 Å². The van der Waals surface area contributed by atoms with Gasteiger partial charge < -0.3 is 14.8 Å². The fraction of sp³-hybridized carbons (Fsp3) is 0.158. The third kappa shape index (κ3) is 2.88. The fourth-order valence-electron chi connectivity index (χ4n) is 2.63. The molecule has 0 fully saturated rings. The molecule has 0 saturated heterocycles. The van der Waals surface area contributed by atoms with Gasteiger partial charge in [0.2, 0.25) is 0 Å². The molecule has 4 rings (SSSR count). The Morgan fingerprint density at radius 1 is 1.00 bits per heavy atom. The van der Waals surface area contributed by atoms with Gasteiger partial charge in [-0.05, 0) is 23.8 Å². The van der Waals surface area contributed by atoms with E-state index < -0.39 is 0 Å². The summed E-state index contributed by atoms with van der Waals surface area (Å²) in [4.78, 5) is 16.6. The summed E-state index contributed by atoms with van der Waals surface area (Å²) in [5.41, 5.74) is 2.11. The molecule has 5 nitrogen and oxygen atoms in total. The van der Waals surface area contributed by atoms with Gasteiger partial charge in [0.05, 0.1) is 13.2 Å². The van der Waals surface area contributed by atoms with Gasteiger partial charge in [0, 0.05) is 12.0 Å². The highest BCUT2D eigenvalue weighted by molar-refractivity contribution is 6.19. The summed E-state index contributed by atoms with van der Waals surface area (Å²) in [5, 5.41) is 2.80. The molecule has 0 aliphatic carbocycles. The van der Waals surface area contributed by atoms with Crippen LogP contribution in [0.15, 0.2) is 59.2 Å². The zero-order chi connectivity index (χ0) is 16.4. The minimum absolute atomic E-state index is 0.207. The second-order valence-corrected chi connectivity index (χ2v) is 5.57. The number of aliphatic imine (C=N–C) groups is 1. The van der Waals surface area contributed by atoms with Crippen LogP contribution in [0.5, 0.6) is 11.5 Å². The van der Waals surface area contributed by atoms with Gasteiger partial charge in [-0.25, -0.2) is 4.99 Å². The second-order valence-electron chi connectivity index (χ2n) is 5.57. The molecule has 2 aliphatic heterocycles. The number of carbonyl (C=O) groups is 1. The molecule has 24 heavy (non-hydrogen) atoms. The highest BCUT2D eigenvalue weighted by Gasteiger charge is 2.21. The average Bonchev–Trinajstić information content (AvgIpc) is 2.83. The van der Waals surface area contributed by atoms with E-state index in [0.29, 0.717) is 30.5 Å². The van der Waals surface area contributed by atoms with Crippen molar-refractivity contribution >= 4 is 17.8 Å². The molecular weight excluding hydrogens is 304 g/mol. The smallest absolute Gasteiger partial charge is 0.275 e. The van der Waals surface area contributed by atoms with Crippen molar-refractivity contribution in [3.05, 3.63) is 65.4 Å². The van der Waals surface area contributed by atoms with Crippen molar-refractivity contribution < 1.29 is 14.3 Å². The summed E-state index contributed by atoms with van der Waals surface area (Å²) in [6.07, 6.45) is 2.61. The molecule has 120 valence electrons. The molecule has 5 heteroatoms. The van der Waals surface area contributed by atoms with E-state index >= 15 is 0 Å². The fourth-order valence-corrected chi connectivity index (χ4v) is 2.63. The molecule has 0 saturated carbocycles. The lowest BCUT2D eigenvalue weighted by molar-refractivity contribution is -0.115. The van der Waals surface area contributed by atoms with E-state index in [0.717, 1.165) is 23.3 Å². The van der Waals surface area contributed by atoms with Crippen molar-refractivity contribution in [2.75, 3.05) is 13.2 Å². The van der Waals surface area contributed by atoms with Crippen LogP contribution < -0.4 is 14.8 Å². The Balaban J connectivity index is 1.64. The van der Waals surface area contributed by atoms with Crippen LogP contribution in [0.2, 0.25) is 0 Å². The number of nitrogens with one attached hydrogen (secondary N) is 1. The molecule has 2 heterocycles. The molecule has 0 bridgehead atoms. The standard InChI is InChI=1S/C19H16N2O3/c22-19-15(20-18(21-19)14-5-2-1-3-6-14)11-13-7-8-16-17(12-13)24-10-4-9-23-16/h1-3,5-8,11-12H,4,9-10H2,(H,20,21,22)/b15-11+. The first-order valence-corrected chi connectivity index (χ1v) is 7.86. The predicted molar refractivity (Wildman–Crippen MR) is 91.1 cm³/mol. The van der Waals surface area contributed by atoms with Crippen LogP contribution in [0.4, 0.5) is 0 Å². The number of rotatable bonds is 2. The molecular formula is C19H16N2O3. The topological polar surface area (TPSA) is 59.9 Å². The van der Waals surface area contributed by atoms with Crippen molar-refractivity contribution in [1.29, 1.82) is 0 Å². The molecule has 0 aromatic heterocycles. The number of fused-ring (bicyclic) bond motifs is 1. The molecule has 1 amide bonds. The number of amides is 1. The van der Waals surface area contributed by atoms with E-state index in [-0.39, 0.29) is 5.91 Å². The van der Waals surface area contributed by atoms with E-state index in [2.05, 4.69) is 10.3 Å². The first kappa shape index (κ1) is 14.5. The number of nitrogens with zero attached hydrogens (tertiary/aromatic N) is 1. The van der Waals surface area contributed by atoms with Gasteiger partial charge in [0.15, 0.2) is 11.5 Å². The Kier molecular flexibility index (Phi) is 3.75. The largest absolute Gasteiger partial charge is 0.490 e. The van der Waals surface area contributed by atoms with Crippen LogP contribution >= 0.6 is 0 Å². The first-order valence-electron chi connectivity index (χ1n) is 7.86. The van der Waals surface area contributed by atoms with Crippen LogP contribution in [-0.4, -0.2) is 25.0 Å². The van der Waals surface area contributed by atoms with E-state index in [1.54, 1.807) is 6.08 Å². The van der Waals surface area contributed by atoms with E-state index in [1.165, 1.54) is 0 Å². The normalized spacial score (nSPS) is 18.1. The highest BCUT2D eigenvalue weighted by Crippen LogP contribution is 2.31. The van der Waals surface area contributed by atoms with Crippen molar-refractivity contribution in [2.45, 2.75) is 6.42 Å². The Labute approximate surface area is 139 Å². The lowest BCUT2D eigenvalue weighted by atomic mass is 10.1. The van der Waals surface area contributed by atoms with Crippen LogP contribution in [0.25, 0.3) is 6.08 Å². The van der Waals surface area contributed by atoms with Gasteiger partial charge in [0.1, 0.15) is 11.5 Å². The van der Waals surface area contributed by atoms with E-state index in [1.807, 2.05) is 48.5 Å². The maximum Gasteiger partial charge on any atom is 0.275 e. The number of carbonyl (C=O) groups excluding carboxylic acids is 1. The lowest BCUT2D eigenvalue weighted by Crippen LogP contribution is -2.24. The molecule has 0 atom stereocenters. The van der Waals surface area contributed by atoms with Crippen LogP contribution in [0.1, 0.15) is 17.5 Å². The third-order valence-electron chi connectivity index (χ3n) is 3.82. The molecule has 2 aromatic carbocycles. The Morgan fingerprint density at radius 2 is 1.79 bits per heavy atom. The molecule has 2 aromatic rings. The number of amidine groups is 1. The Hall–Kier alpha value is -3.08. The van der Waals surface area contributed by atoms with Crippen molar-refractivity contribution in [3.8, 4) is 11.5 Å². The summed E-state index contributed by atoms with van der Waals surface area (Å²) in [6.45, 7) is 1.28. The molecule has 1 N–H and O–H groups in total. The first-order chi connectivity index (χ1) is 11.8. The van der Waals surface area contributed by atoms with Crippen LogP contribution in [0.3, 0.4) is 0 Å². The van der Waals surface area contributed by atoms with Crippen LogP contribution in [0, 0.1) is 0 Å². The van der Waals surface area contributed by atoms with Crippen molar-refractivity contribution in [2.24, 2.45) is 4.99 Å². The molecule has 0 unspecified atom stereocenters. The molecule has 0 spiro atoms. The summed E-state index contributed by atoms with van der Waals surface area (Å²) >= 11 is 0. The van der Waals surface area contributed by atoms with Gasteiger partial charge in [-0.2, -0.15) is 0 Å². The van der Waals surface area contributed by atoms with Gasteiger partial charge in [-0.1, -0.05) is 36.4 Å². The van der Waals surface area contributed by atoms with Gasteiger partial charge >= 0.3 is 0 Å². The highest BCUT2D eigenvalue weighted by atomic mass is 16.5. The Morgan fingerprint density at radius 3 is 2.62 bits per heavy atom. The minimum atomic E-state index is -0.207. The maximum absolute atomic E-state index is 12.2. The summed E-state index contributed by atoms with van der Waals surface area (Å²) in [7, 11) is 0. The van der Waals surface area contributed by atoms with Crippen molar-refractivity contribution in [3.63, 3.8) is 0 Å². The second kappa shape index (κ2) is 6.20. The molecule has 2 aliphatic rings. The summed E-state index contributed by atoms with van der Waals surface area (Å²) in [5.74, 6) is 1.80. The van der Waals surface area contributed by atoms with E-state index in [4.69, 9.17) is 9.47 Å². The average molecular weight is 320 g/mol. The van der Waals surface area contributed by atoms with Gasteiger partial charge in [-0.3, -0.25) is 4.79 Å². The summed E-state index contributed by atoms with van der Waals surface area (Å²) < 4.78 is 11.3. The predicted octanol–water partition coefficient (Wildman–Crippen LogP) is 2.77. The zero-order valence-corrected chi connectivity index (χ0v) is 13.0. The number of hydrogen-bond donors (Lipinski definition) is 1. The number of ether oxygens (including phenoxy) is 2. The van der Waals surface area contributed by atoms with Crippen LogP contribution in [-0.2, 0) is 4.79 Å². The third-order valence-corrected chi connectivity index (χ3v) is 3.82. The SMILES string of the molecule is O=C1NC(c2ccccc2)=N/C1=C/c1ccc2c(c1)OCCCO2. The monoisotopic (exact) mass is 320 g/mol. The Bertz CT molecular complexity index is 841. The lowest BCUT2D eigenvalue weighted by Gasteiger charge is -2.07. The molecule has 0 radical (unpaired) electrons.